The molecular formula is C16H20N2O. The van der Waals surface area contributed by atoms with Gasteiger partial charge in [0.2, 0.25) is 0 Å². The number of hydrogen-bond donors (Lipinski definition) is 2. The molecule has 0 fully saturated rings. The number of para-hydroxylation sites is 1. The molecule has 0 saturated carbocycles. The predicted molar refractivity (Wildman–Crippen MR) is 79.1 cm³/mol. The minimum atomic E-state index is -0.604. The molecule has 2 atom stereocenters. The molecule has 3 heteroatoms. The van der Waals surface area contributed by atoms with Gasteiger partial charge in [0, 0.05) is 19.3 Å². The molecule has 3 nitrogen and oxygen atoms in total. The number of rotatable bonds is 5. The molecule has 0 radical (unpaired) electrons. The first-order valence-corrected chi connectivity index (χ1v) is 6.45. The molecule has 19 heavy (non-hydrogen) atoms. The SMILES string of the molecule is CN(c1ccccc1)C(c1ccccc1)[C@H](O)CN. The zero-order valence-corrected chi connectivity index (χ0v) is 11.1. The minimum Gasteiger partial charge on any atom is -0.389 e. The Kier molecular flexibility index (Phi) is 4.55. The lowest BCUT2D eigenvalue weighted by Gasteiger charge is -2.33. The van der Waals surface area contributed by atoms with Crippen molar-refractivity contribution in [2.75, 3.05) is 18.5 Å². The number of aliphatic hydroxyl groups excluding tert-OH is 1. The molecular weight excluding hydrogens is 236 g/mol. The van der Waals surface area contributed by atoms with Crippen LogP contribution in [0.15, 0.2) is 60.7 Å². The van der Waals surface area contributed by atoms with Gasteiger partial charge in [-0.2, -0.15) is 0 Å². The topological polar surface area (TPSA) is 49.5 Å². The minimum absolute atomic E-state index is 0.145. The Hall–Kier alpha value is -1.84. The highest BCUT2D eigenvalue weighted by molar-refractivity contribution is 5.48. The Morgan fingerprint density at radius 3 is 2.05 bits per heavy atom. The first kappa shape index (κ1) is 13.6. The van der Waals surface area contributed by atoms with Gasteiger partial charge >= 0.3 is 0 Å². The molecule has 100 valence electrons. The summed E-state index contributed by atoms with van der Waals surface area (Å²) in [6, 6.07) is 19.8. The van der Waals surface area contributed by atoms with Crippen molar-refractivity contribution in [1.82, 2.24) is 0 Å². The van der Waals surface area contributed by atoms with Crippen molar-refractivity contribution in [2.45, 2.75) is 12.1 Å². The van der Waals surface area contributed by atoms with Crippen molar-refractivity contribution in [3.05, 3.63) is 66.2 Å². The van der Waals surface area contributed by atoms with E-state index in [2.05, 4.69) is 4.90 Å². The predicted octanol–water partition coefficient (Wildman–Crippen LogP) is 2.18. The molecule has 3 N–H and O–H groups in total. The first-order valence-electron chi connectivity index (χ1n) is 6.45. The maximum Gasteiger partial charge on any atom is 0.0907 e. The number of aliphatic hydroxyl groups is 1. The highest BCUT2D eigenvalue weighted by Gasteiger charge is 2.24. The van der Waals surface area contributed by atoms with Crippen molar-refractivity contribution in [2.24, 2.45) is 5.73 Å². The Labute approximate surface area is 114 Å². The van der Waals surface area contributed by atoms with Crippen LogP contribution >= 0.6 is 0 Å². The third-order valence-corrected chi connectivity index (χ3v) is 3.33. The van der Waals surface area contributed by atoms with E-state index in [0.717, 1.165) is 11.3 Å². The van der Waals surface area contributed by atoms with Crippen LogP contribution in [0.25, 0.3) is 0 Å². The van der Waals surface area contributed by atoms with E-state index in [0.29, 0.717) is 0 Å². The van der Waals surface area contributed by atoms with E-state index >= 15 is 0 Å². The monoisotopic (exact) mass is 256 g/mol. The van der Waals surface area contributed by atoms with E-state index in [1.807, 2.05) is 67.7 Å². The van der Waals surface area contributed by atoms with Crippen LogP contribution in [0.1, 0.15) is 11.6 Å². The second kappa shape index (κ2) is 6.36. The van der Waals surface area contributed by atoms with Gasteiger partial charge in [-0.1, -0.05) is 48.5 Å². The summed E-state index contributed by atoms with van der Waals surface area (Å²) >= 11 is 0. The third kappa shape index (κ3) is 3.13. The molecule has 0 heterocycles. The van der Waals surface area contributed by atoms with E-state index in [-0.39, 0.29) is 12.6 Å². The molecule has 0 amide bonds. The van der Waals surface area contributed by atoms with Gasteiger partial charge in [-0.05, 0) is 17.7 Å². The molecule has 0 aliphatic rings. The Morgan fingerprint density at radius 1 is 1.00 bits per heavy atom. The molecule has 0 saturated heterocycles. The van der Waals surface area contributed by atoms with Gasteiger partial charge < -0.3 is 15.7 Å². The Bertz CT molecular complexity index is 487. The highest BCUT2D eigenvalue weighted by Crippen LogP contribution is 2.27. The van der Waals surface area contributed by atoms with Gasteiger partial charge in [-0.15, -0.1) is 0 Å². The van der Waals surface area contributed by atoms with E-state index in [1.54, 1.807) is 0 Å². The van der Waals surface area contributed by atoms with Gasteiger partial charge in [0.15, 0.2) is 0 Å². The summed E-state index contributed by atoms with van der Waals surface area (Å²) in [7, 11) is 1.98. The highest BCUT2D eigenvalue weighted by atomic mass is 16.3. The number of likely N-dealkylation sites (N-methyl/N-ethyl adjacent to an activating group) is 1. The fourth-order valence-electron chi connectivity index (χ4n) is 2.31. The largest absolute Gasteiger partial charge is 0.389 e. The van der Waals surface area contributed by atoms with Crippen LogP contribution in [0, 0.1) is 0 Å². The van der Waals surface area contributed by atoms with Gasteiger partial charge in [0.25, 0.3) is 0 Å². The molecule has 1 unspecified atom stereocenters. The van der Waals surface area contributed by atoms with Crippen LogP contribution in [0.5, 0.6) is 0 Å². The standard InChI is InChI=1S/C16H20N2O/c1-18(14-10-6-3-7-11-14)16(15(19)12-17)13-8-4-2-5-9-13/h2-11,15-16,19H,12,17H2,1H3/t15-,16?/m1/s1. The van der Waals surface area contributed by atoms with E-state index in [1.165, 1.54) is 0 Å². The zero-order valence-electron chi connectivity index (χ0n) is 11.1. The molecule has 0 aliphatic heterocycles. The molecule has 0 aliphatic carbocycles. The summed E-state index contributed by atoms with van der Waals surface area (Å²) in [4.78, 5) is 2.06. The molecule has 2 rings (SSSR count). The molecule has 2 aromatic carbocycles. The average molecular weight is 256 g/mol. The van der Waals surface area contributed by atoms with Crippen molar-refractivity contribution in [1.29, 1.82) is 0 Å². The van der Waals surface area contributed by atoms with Gasteiger partial charge in [0.05, 0.1) is 12.1 Å². The maximum absolute atomic E-state index is 10.2. The maximum atomic E-state index is 10.2. The lowest BCUT2D eigenvalue weighted by molar-refractivity contribution is 0.150. The van der Waals surface area contributed by atoms with Gasteiger partial charge in [-0.3, -0.25) is 0 Å². The smallest absolute Gasteiger partial charge is 0.0907 e. The third-order valence-electron chi connectivity index (χ3n) is 3.33. The van der Waals surface area contributed by atoms with Crippen LogP contribution in [0.4, 0.5) is 5.69 Å². The lowest BCUT2D eigenvalue weighted by atomic mass is 9.99. The number of nitrogens with two attached hydrogens (primary N) is 1. The second-order valence-electron chi connectivity index (χ2n) is 4.61. The number of hydrogen-bond acceptors (Lipinski definition) is 3. The van der Waals surface area contributed by atoms with Gasteiger partial charge in [-0.25, -0.2) is 0 Å². The van der Waals surface area contributed by atoms with Crippen LogP contribution in [0.3, 0.4) is 0 Å². The summed E-state index contributed by atoms with van der Waals surface area (Å²) in [5.41, 5.74) is 7.77. The summed E-state index contributed by atoms with van der Waals surface area (Å²) < 4.78 is 0. The average Bonchev–Trinajstić information content (AvgIpc) is 2.49. The van der Waals surface area contributed by atoms with E-state index < -0.39 is 6.10 Å². The van der Waals surface area contributed by atoms with Crippen LogP contribution in [-0.2, 0) is 0 Å². The van der Waals surface area contributed by atoms with Crippen molar-refractivity contribution < 1.29 is 5.11 Å². The first-order chi connectivity index (χ1) is 9.24. The molecule has 0 spiro atoms. The van der Waals surface area contributed by atoms with Crippen molar-refractivity contribution in [3.63, 3.8) is 0 Å². The number of benzene rings is 2. The quantitative estimate of drug-likeness (QED) is 0.862. The van der Waals surface area contributed by atoms with E-state index in [4.69, 9.17) is 5.73 Å². The molecule has 2 aromatic rings. The van der Waals surface area contributed by atoms with Crippen LogP contribution < -0.4 is 10.6 Å². The van der Waals surface area contributed by atoms with E-state index in [9.17, 15) is 5.11 Å². The summed E-state index contributed by atoms with van der Waals surface area (Å²) in [6.45, 7) is 0.233. The summed E-state index contributed by atoms with van der Waals surface area (Å²) in [6.07, 6.45) is -0.604. The van der Waals surface area contributed by atoms with Crippen molar-refractivity contribution in [3.8, 4) is 0 Å². The Morgan fingerprint density at radius 2 is 1.53 bits per heavy atom. The fourth-order valence-corrected chi connectivity index (χ4v) is 2.31. The molecule has 0 bridgehead atoms. The van der Waals surface area contributed by atoms with Crippen LogP contribution in [-0.4, -0.2) is 24.8 Å². The fraction of sp³-hybridized carbons (Fsp3) is 0.250. The number of anilines is 1. The summed E-state index contributed by atoms with van der Waals surface area (Å²) in [5, 5.41) is 10.2. The number of nitrogens with zero attached hydrogens (tertiary/aromatic N) is 1. The second-order valence-corrected chi connectivity index (χ2v) is 4.61. The molecule has 0 aromatic heterocycles. The lowest BCUT2D eigenvalue weighted by Crippen LogP contribution is -2.38. The zero-order chi connectivity index (χ0) is 13.7. The summed E-state index contributed by atoms with van der Waals surface area (Å²) in [5.74, 6) is 0. The van der Waals surface area contributed by atoms with Crippen LogP contribution in [0.2, 0.25) is 0 Å². The van der Waals surface area contributed by atoms with Crippen molar-refractivity contribution >= 4 is 5.69 Å². The normalized spacial score (nSPS) is 13.8. The Balaban J connectivity index is 2.34. The van der Waals surface area contributed by atoms with Gasteiger partial charge in [0.1, 0.15) is 0 Å².